The Bertz CT molecular complexity index is 350. The van der Waals surface area contributed by atoms with Gasteiger partial charge in [-0.1, -0.05) is 41.5 Å². The molecule has 0 aliphatic rings. The van der Waals surface area contributed by atoms with Crippen molar-refractivity contribution in [2.45, 2.75) is 60.3 Å². The molecule has 0 aromatic carbocycles. The van der Waals surface area contributed by atoms with Gasteiger partial charge in [0.15, 0.2) is 0 Å². The number of aromatic nitrogens is 2. The molecule has 0 N–H and O–H groups in total. The molecule has 0 amide bonds. The second kappa shape index (κ2) is 5.61. The Morgan fingerprint density at radius 1 is 1.24 bits per heavy atom. The van der Waals surface area contributed by atoms with Crippen LogP contribution >= 0.6 is 0 Å². The zero-order chi connectivity index (χ0) is 13.1. The summed E-state index contributed by atoms with van der Waals surface area (Å²) in [6.07, 6.45) is 4.08. The molecule has 1 rings (SSSR count). The van der Waals surface area contributed by atoms with Gasteiger partial charge in [0.2, 0.25) is 0 Å². The monoisotopic (exact) mass is 234 g/mol. The van der Waals surface area contributed by atoms with Crippen LogP contribution in [0.15, 0.2) is 12.3 Å². The van der Waals surface area contributed by atoms with Gasteiger partial charge in [-0.15, -0.1) is 0 Å². The van der Waals surface area contributed by atoms with Crippen molar-refractivity contribution in [3.8, 4) is 0 Å². The highest BCUT2D eigenvalue weighted by Crippen LogP contribution is 2.28. The summed E-state index contributed by atoms with van der Waals surface area (Å²) in [4.78, 5) is 0. The Morgan fingerprint density at radius 2 is 1.88 bits per heavy atom. The molecule has 0 radical (unpaired) electrons. The van der Waals surface area contributed by atoms with E-state index in [0.29, 0.717) is 11.8 Å². The standard InChI is InChI=1S/C15H26N2/c1-7-14(11(2)3)12-8-13(17-16-10-12)9-15(4,5)6/h8,10-11,14H,7,9H2,1-6H3. The number of rotatable bonds is 4. The van der Waals surface area contributed by atoms with E-state index in [2.05, 4.69) is 57.8 Å². The minimum Gasteiger partial charge on any atom is -0.159 e. The van der Waals surface area contributed by atoms with Crippen LogP contribution in [0.5, 0.6) is 0 Å². The molecule has 2 heteroatoms. The average Bonchev–Trinajstić information content (AvgIpc) is 2.15. The fourth-order valence-electron chi connectivity index (χ4n) is 2.35. The van der Waals surface area contributed by atoms with Crippen molar-refractivity contribution in [3.63, 3.8) is 0 Å². The average molecular weight is 234 g/mol. The highest BCUT2D eigenvalue weighted by Gasteiger charge is 2.17. The molecule has 1 atom stereocenters. The third kappa shape index (κ3) is 4.45. The van der Waals surface area contributed by atoms with Gasteiger partial charge in [-0.3, -0.25) is 0 Å². The summed E-state index contributed by atoms with van der Waals surface area (Å²) in [5.74, 6) is 1.26. The van der Waals surface area contributed by atoms with E-state index >= 15 is 0 Å². The summed E-state index contributed by atoms with van der Waals surface area (Å²) in [7, 11) is 0. The summed E-state index contributed by atoms with van der Waals surface area (Å²) >= 11 is 0. The van der Waals surface area contributed by atoms with Gasteiger partial charge in [-0.05, 0) is 41.7 Å². The molecule has 1 heterocycles. The molecule has 0 saturated carbocycles. The number of hydrogen-bond acceptors (Lipinski definition) is 2. The molecule has 1 aromatic rings. The first-order chi connectivity index (χ1) is 7.83. The predicted octanol–water partition coefficient (Wildman–Crippen LogP) is 4.21. The Morgan fingerprint density at radius 3 is 2.35 bits per heavy atom. The van der Waals surface area contributed by atoms with Crippen LogP contribution in [0.25, 0.3) is 0 Å². The molecule has 17 heavy (non-hydrogen) atoms. The van der Waals surface area contributed by atoms with Crippen molar-refractivity contribution in [2.24, 2.45) is 11.3 Å². The normalized spacial score (nSPS) is 14.1. The topological polar surface area (TPSA) is 25.8 Å². The van der Waals surface area contributed by atoms with Crippen molar-refractivity contribution in [3.05, 3.63) is 23.5 Å². The maximum Gasteiger partial charge on any atom is 0.0639 e. The van der Waals surface area contributed by atoms with E-state index in [9.17, 15) is 0 Å². The van der Waals surface area contributed by atoms with Gasteiger partial charge in [0.05, 0.1) is 11.9 Å². The van der Waals surface area contributed by atoms with Crippen LogP contribution in [0.4, 0.5) is 0 Å². The number of nitrogens with zero attached hydrogens (tertiary/aromatic N) is 2. The molecule has 96 valence electrons. The van der Waals surface area contributed by atoms with E-state index in [4.69, 9.17) is 0 Å². The second-order valence-electron chi connectivity index (χ2n) is 6.48. The Balaban J connectivity index is 2.92. The smallest absolute Gasteiger partial charge is 0.0639 e. The molecule has 0 aliphatic carbocycles. The molecule has 1 unspecified atom stereocenters. The Kier molecular flexibility index (Phi) is 4.67. The minimum atomic E-state index is 0.271. The van der Waals surface area contributed by atoms with Gasteiger partial charge >= 0.3 is 0 Å². The molecule has 1 aromatic heterocycles. The van der Waals surface area contributed by atoms with Crippen LogP contribution in [-0.4, -0.2) is 10.2 Å². The van der Waals surface area contributed by atoms with E-state index < -0.39 is 0 Å². The van der Waals surface area contributed by atoms with Crippen molar-refractivity contribution in [1.82, 2.24) is 10.2 Å². The van der Waals surface area contributed by atoms with Crippen molar-refractivity contribution in [1.29, 1.82) is 0 Å². The lowest BCUT2D eigenvalue weighted by atomic mass is 9.85. The lowest BCUT2D eigenvalue weighted by Gasteiger charge is -2.21. The molecule has 0 fully saturated rings. The lowest BCUT2D eigenvalue weighted by Crippen LogP contribution is -2.13. The van der Waals surface area contributed by atoms with Crippen molar-refractivity contribution >= 4 is 0 Å². The number of hydrogen-bond donors (Lipinski definition) is 0. The quantitative estimate of drug-likeness (QED) is 0.779. The van der Waals surface area contributed by atoms with Crippen LogP contribution < -0.4 is 0 Å². The summed E-state index contributed by atoms with van der Waals surface area (Å²) in [6.45, 7) is 13.5. The third-order valence-corrected chi connectivity index (χ3v) is 3.11. The first-order valence-electron chi connectivity index (χ1n) is 6.65. The van der Waals surface area contributed by atoms with Crippen LogP contribution in [0.2, 0.25) is 0 Å². The maximum absolute atomic E-state index is 4.25. The van der Waals surface area contributed by atoms with Gasteiger partial charge in [-0.2, -0.15) is 10.2 Å². The first kappa shape index (κ1) is 14.1. The molecule has 2 nitrogen and oxygen atoms in total. The third-order valence-electron chi connectivity index (χ3n) is 3.11. The zero-order valence-corrected chi connectivity index (χ0v) is 12.1. The fraction of sp³-hybridized carbons (Fsp3) is 0.733. The molecule has 0 bridgehead atoms. The summed E-state index contributed by atoms with van der Waals surface area (Å²) in [5.41, 5.74) is 2.73. The molecular weight excluding hydrogens is 208 g/mol. The van der Waals surface area contributed by atoms with E-state index in [1.54, 1.807) is 0 Å². The molecule has 0 aliphatic heterocycles. The van der Waals surface area contributed by atoms with Crippen LogP contribution in [0.3, 0.4) is 0 Å². The molecule has 0 spiro atoms. The second-order valence-corrected chi connectivity index (χ2v) is 6.48. The SMILES string of the molecule is CCC(c1cnnc(CC(C)(C)C)c1)C(C)C. The highest BCUT2D eigenvalue weighted by molar-refractivity contribution is 5.18. The summed E-state index contributed by atoms with van der Waals surface area (Å²) < 4.78 is 0. The predicted molar refractivity (Wildman–Crippen MR) is 73.1 cm³/mol. The van der Waals surface area contributed by atoms with E-state index in [1.165, 1.54) is 5.56 Å². The summed E-state index contributed by atoms with van der Waals surface area (Å²) in [5, 5.41) is 8.42. The molecule has 0 saturated heterocycles. The van der Waals surface area contributed by atoms with Gasteiger partial charge in [0, 0.05) is 0 Å². The lowest BCUT2D eigenvalue weighted by molar-refractivity contribution is 0.403. The van der Waals surface area contributed by atoms with Gasteiger partial charge in [0.25, 0.3) is 0 Å². The largest absolute Gasteiger partial charge is 0.159 e. The van der Waals surface area contributed by atoms with Crippen molar-refractivity contribution < 1.29 is 0 Å². The van der Waals surface area contributed by atoms with Crippen molar-refractivity contribution in [2.75, 3.05) is 0 Å². The van der Waals surface area contributed by atoms with Crippen LogP contribution in [-0.2, 0) is 6.42 Å². The zero-order valence-electron chi connectivity index (χ0n) is 12.1. The van der Waals surface area contributed by atoms with Crippen LogP contribution in [0, 0.1) is 11.3 Å². The highest BCUT2D eigenvalue weighted by atomic mass is 15.1. The maximum atomic E-state index is 4.25. The van der Waals surface area contributed by atoms with E-state index in [0.717, 1.165) is 18.5 Å². The van der Waals surface area contributed by atoms with E-state index in [-0.39, 0.29) is 5.41 Å². The Hall–Kier alpha value is -0.920. The van der Waals surface area contributed by atoms with Crippen LogP contribution in [0.1, 0.15) is 65.1 Å². The summed E-state index contributed by atoms with van der Waals surface area (Å²) in [6, 6.07) is 2.24. The first-order valence-corrected chi connectivity index (χ1v) is 6.65. The minimum absolute atomic E-state index is 0.271. The Labute approximate surface area is 106 Å². The fourth-order valence-corrected chi connectivity index (χ4v) is 2.35. The van der Waals surface area contributed by atoms with E-state index in [1.807, 2.05) is 6.20 Å². The van der Waals surface area contributed by atoms with Gasteiger partial charge in [0.1, 0.15) is 0 Å². The molecular formula is C15H26N2. The van der Waals surface area contributed by atoms with Gasteiger partial charge < -0.3 is 0 Å². The van der Waals surface area contributed by atoms with Gasteiger partial charge in [-0.25, -0.2) is 0 Å².